The van der Waals surface area contributed by atoms with Crippen molar-refractivity contribution in [2.45, 2.75) is 52.2 Å². The first-order chi connectivity index (χ1) is 9.57. The molecule has 1 aromatic carbocycles. The Labute approximate surface area is 125 Å². The molecule has 2 nitrogen and oxygen atoms in total. The molecule has 1 saturated carbocycles. The van der Waals surface area contributed by atoms with Gasteiger partial charge in [-0.1, -0.05) is 32.4 Å². The number of ether oxygens (including phenoxy) is 1. The monoisotopic (exact) mass is 299 g/mol. The van der Waals surface area contributed by atoms with Gasteiger partial charge in [0.2, 0.25) is 0 Å². The standard InChI is InChI=1S/C16H23ClFNO/c1-4-16(5-2)14(19-6-3)10-15(16)20-13-8-7-11(18)9-12(13)17/h7-9,14-15,19H,4-6,10H2,1-3H3. The maximum Gasteiger partial charge on any atom is 0.138 e. The molecule has 2 unspecified atom stereocenters. The quantitative estimate of drug-likeness (QED) is 0.840. The molecule has 1 aliphatic rings. The summed E-state index contributed by atoms with van der Waals surface area (Å²) in [6.07, 6.45) is 3.24. The number of hydrogen-bond donors (Lipinski definition) is 1. The second kappa shape index (κ2) is 6.31. The molecule has 0 saturated heterocycles. The topological polar surface area (TPSA) is 21.3 Å². The van der Waals surface area contributed by atoms with Gasteiger partial charge in [0.25, 0.3) is 0 Å². The number of halogens is 2. The van der Waals surface area contributed by atoms with Gasteiger partial charge in [0.05, 0.1) is 5.02 Å². The van der Waals surface area contributed by atoms with Crippen molar-refractivity contribution in [1.29, 1.82) is 0 Å². The normalized spacial score (nSPS) is 24.2. The van der Waals surface area contributed by atoms with Crippen molar-refractivity contribution in [2.24, 2.45) is 5.41 Å². The van der Waals surface area contributed by atoms with Crippen LogP contribution in [0.5, 0.6) is 5.75 Å². The van der Waals surface area contributed by atoms with Gasteiger partial charge in [0.15, 0.2) is 0 Å². The summed E-state index contributed by atoms with van der Waals surface area (Å²) in [6, 6.07) is 4.80. The van der Waals surface area contributed by atoms with E-state index in [1.54, 1.807) is 6.07 Å². The van der Waals surface area contributed by atoms with Gasteiger partial charge in [-0.15, -0.1) is 0 Å². The Hall–Kier alpha value is -0.800. The fraction of sp³-hybridized carbons (Fsp3) is 0.625. The molecule has 1 N–H and O–H groups in total. The zero-order valence-corrected chi connectivity index (χ0v) is 13.1. The van der Waals surface area contributed by atoms with Gasteiger partial charge in [-0.2, -0.15) is 0 Å². The number of benzene rings is 1. The molecule has 0 amide bonds. The highest BCUT2D eigenvalue weighted by atomic mass is 35.5. The summed E-state index contributed by atoms with van der Waals surface area (Å²) in [7, 11) is 0. The number of rotatable bonds is 6. The molecule has 20 heavy (non-hydrogen) atoms. The molecule has 112 valence electrons. The van der Waals surface area contributed by atoms with Crippen molar-refractivity contribution < 1.29 is 9.13 Å². The maximum absolute atomic E-state index is 13.1. The van der Waals surface area contributed by atoms with Crippen LogP contribution in [0, 0.1) is 11.2 Å². The van der Waals surface area contributed by atoms with Gasteiger partial charge in [0, 0.05) is 17.9 Å². The van der Waals surface area contributed by atoms with Crippen molar-refractivity contribution in [2.75, 3.05) is 6.54 Å². The van der Waals surface area contributed by atoms with Gasteiger partial charge < -0.3 is 10.1 Å². The Morgan fingerprint density at radius 2 is 2.05 bits per heavy atom. The van der Waals surface area contributed by atoms with E-state index in [0.717, 1.165) is 25.8 Å². The first-order valence-corrected chi connectivity index (χ1v) is 7.80. The third-order valence-electron chi connectivity index (χ3n) is 4.72. The van der Waals surface area contributed by atoms with Crippen LogP contribution in [0.3, 0.4) is 0 Å². The van der Waals surface area contributed by atoms with Crippen molar-refractivity contribution in [3.63, 3.8) is 0 Å². The van der Waals surface area contributed by atoms with E-state index in [9.17, 15) is 4.39 Å². The van der Waals surface area contributed by atoms with E-state index >= 15 is 0 Å². The molecule has 1 aromatic rings. The van der Waals surface area contributed by atoms with Crippen molar-refractivity contribution in [3.8, 4) is 5.75 Å². The largest absolute Gasteiger partial charge is 0.488 e. The average molecular weight is 300 g/mol. The molecular formula is C16H23ClFNO. The molecule has 0 aromatic heterocycles. The molecule has 1 aliphatic carbocycles. The molecule has 0 aliphatic heterocycles. The van der Waals surface area contributed by atoms with Crippen molar-refractivity contribution in [1.82, 2.24) is 5.32 Å². The molecule has 0 heterocycles. The summed E-state index contributed by atoms with van der Waals surface area (Å²) in [5, 5.41) is 3.89. The summed E-state index contributed by atoms with van der Waals surface area (Å²) in [5.74, 6) is 0.248. The average Bonchev–Trinajstić information content (AvgIpc) is 2.41. The first-order valence-electron chi connectivity index (χ1n) is 7.42. The fourth-order valence-corrected chi connectivity index (χ4v) is 3.58. The number of nitrogens with one attached hydrogen (secondary N) is 1. The fourth-order valence-electron chi connectivity index (χ4n) is 3.37. The van der Waals surface area contributed by atoms with Crippen molar-refractivity contribution >= 4 is 11.6 Å². The van der Waals surface area contributed by atoms with Gasteiger partial charge >= 0.3 is 0 Å². The van der Waals surface area contributed by atoms with Crippen LogP contribution in [0.25, 0.3) is 0 Å². The highest BCUT2D eigenvalue weighted by molar-refractivity contribution is 6.32. The maximum atomic E-state index is 13.1. The lowest BCUT2D eigenvalue weighted by atomic mass is 9.58. The summed E-state index contributed by atoms with van der Waals surface area (Å²) in [5.41, 5.74) is 0.147. The van der Waals surface area contributed by atoms with Crippen LogP contribution in [0.2, 0.25) is 5.02 Å². The minimum Gasteiger partial charge on any atom is -0.488 e. The highest BCUT2D eigenvalue weighted by Crippen LogP contribution is 2.49. The lowest BCUT2D eigenvalue weighted by Crippen LogP contribution is -2.64. The van der Waals surface area contributed by atoms with E-state index in [4.69, 9.17) is 16.3 Å². The Morgan fingerprint density at radius 3 is 2.60 bits per heavy atom. The molecule has 2 atom stereocenters. The van der Waals surface area contributed by atoms with E-state index in [-0.39, 0.29) is 17.3 Å². The van der Waals surface area contributed by atoms with Crippen LogP contribution in [0.1, 0.15) is 40.0 Å². The third kappa shape index (κ3) is 2.66. The smallest absolute Gasteiger partial charge is 0.138 e. The van der Waals surface area contributed by atoms with Gasteiger partial charge in [-0.25, -0.2) is 4.39 Å². The van der Waals surface area contributed by atoms with Crippen LogP contribution in [-0.2, 0) is 0 Å². The Kier molecular flexibility index (Phi) is 4.92. The second-order valence-electron chi connectivity index (χ2n) is 5.47. The molecule has 1 fully saturated rings. The van der Waals surface area contributed by atoms with Crippen LogP contribution >= 0.6 is 11.6 Å². The van der Waals surface area contributed by atoms with Crippen molar-refractivity contribution in [3.05, 3.63) is 29.0 Å². The minimum atomic E-state index is -0.335. The lowest BCUT2D eigenvalue weighted by Gasteiger charge is -2.55. The van der Waals surface area contributed by atoms with E-state index in [2.05, 4.69) is 26.1 Å². The molecule has 0 radical (unpaired) electrons. The third-order valence-corrected chi connectivity index (χ3v) is 5.01. The number of hydrogen-bond acceptors (Lipinski definition) is 2. The van der Waals surface area contributed by atoms with Gasteiger partial charge in [-0.05, 0) is 37.6 Å². The Morgan fingerprint density at radius 1 is 1.35 bits per heavy atom. The molecule has 0 spiro atoms. The van der Waals surface area contributed by atoms with Crippen LogP contribution in [0.4, 0.5) is 4.39 Å². The van der Waals surface area contributed by atoms with Crippen LogP contribution in [-0.4, -0.2) is 18.7 Å². The van der Waals surface area contributed by atoms with Crippen LogP contribution < -0.4 is 10.1 Å². The molecular weight excluding hydrogens is 277 g/mol. The zero-order chi connectivity index (χ0) is 14.8. The summed E-state index contributed by atoms with van der Waals surface area (Å²) >= 11 is 6.05. The SMILES string of the molecule is CCNC1CC(Oc2ccc(F)cc2Cl)C1(CC)CC. The van der Waals surface area contributed by atoms with E-state index < -0.39 is 0 Å². The summed E-state index contributed by atoms with van der Waals surface area (Å²) in [6.45, 7) is 7.50. The predicted octanol–water partition coefficient (Wildman–Crippen LogP) is 4.41. The molecule has 0 bridgehead atoms. The summed E-state index contributed by atoms with van der Waals surface area (Å²) < 4.78 is 19.1. The second-order valence-corrected chi connectivity index (χ2v) is 5.87. The summed E-state index contributed by atoms with van der Waals surface area (Å²) in [4.78, 5) is 0. The van der Waals surface area contributed by atoms with E-state index in [1.807, 2.05) is 0 Å². The van der Waals surface area contributed by atoms with E-state index in [0.29, 0.717) is 16.8 Å². The van der Waals surface area contributed by atoms with E-state index in [1.165, 1.54) is 12.1 Å². The molecule has 2 rings (SSSR count). The van der Waals surface area contributed by atoms with Gasteiger partial charge in [-0.3, -0.25) is 0 Å². The zero-order valence-electron chi connectivity index (χ0n) is 12.4. The van der Waals surface area contributed by atoms with Crippen LogP contribution in [0.15, 0.2) is 18.2 Å². The Bertz CT molecular complexity index is 462. The lowest BCUT2D eigenvalue weighted by molar-refractivity contribution is -0.0854. The molecule has 4 heteroatoms. The van der Waals surface area contributed by atoms with Gasteiger partial charge in [0.1, 0.15) is 17.7 Å². The first kappa shape index (κ1) is 15.6. The Balaban J connectivity index is 2.13. The highest BCUT2D eigenvalue weighted by Gasteiger charge is 2.53. The minimum absolute atomic E-state index is 0.143. The predicted molar refractivity (Wildman–Crippen MR) is 80.9 cm³/mol.